The number of nitrogens with zero attached hydrogens (tertiary/aromatic N) is 3. The van der Waals surface area contributed by atoms with Crippen LogP contribution < -0.4 is 32.8 Å². The first-order chi connectivity index (χ1) is 15.4. The van der Waals surface area contributed by atoms with Crippen LogP contribution >= 0.6 is 31.9 Å². The first-order valence-corrected chi connectivity index (χ1v) is 11.6. The van der Waals surface area contributed by atoms with E-state index in [1.807, 2.05) is 12.1 Å². The molecule has 0 aliphatic carbocycles. The average Bonchev–Trinajstić information content (AvgIpc) is 2.75. The van der Waals surface area contributed by atoms with E-state index in [4.69, 9.17) is 22.0 Å². The van der Waals surface area contributed by atoms with Crippen LogP contribution in [0.15, 0.2) is 36.2 Å². The van der Waals surface area contributed by atoms with Gasteiger partial charge in [-0.1, -0.05) is 5.16 Å². The van der Waals surface area contributed by atoms with Gasteiger partial charge in [-0.25, -0.2) is 5.84 Å². The Morgan fingerprint density at radius 2 is 1.81 bits per heavy atom. The molecule has 0 aromatic heterocycles. The Morgan fingerprint density at radius 1 is 1.12 bits per heavy atom. The highest BCUT2D eigenvalue weighted by Crippen LogP contribution is 2.35. The maximum absolute atomic E-state index is 12.3. The number of benzene rings is 1. The third-order valence-corrected chi connectivity index (χ3v) is 5.25. The fourth-order valence-corrected chi connectivity index (χ4v) is 4.06. The van der Waals surface area contributed by atoms with Gasteiger partial charge in [0.1, 0.15) is 11.5 Å². The second kappa shape index (κ2) is 16.3. The van der Waals surface area contributed by atoms with Crippen LogP contribution in [-0.4, -0.2) is 55.4 Å². The Kier molecular flexibility index (Phi) is 14.1. The van der Waals surface area contributed by atoms with Gasteiger partial charge >= 0.3 is 0 Å². The van der Waals surface area contributed by atoms with E-state index in [1.54, 1.807) is 0 Å². The molecule has 0 saturated heterocycles. The van der Waals surface area contributed by atoms with Crippen molar-refractivity contribution in [3.05, 3.63) is 26.6 Å². The first kappa shape index (κ1) is 27.7. The molecule has 0 fully saturated rings. The zero-order valence-electron chi connectivity index (χ0n) is 17.7. The van der Waals surface area contributed by atoms with Crippen molar-refractivity contribution in [1.82, 2.24) is 10.7 Å². The van der Waals surface area contributed by atoms with Crippen molar-refractivity contribution < 1.29 is 14.7 Å². The summed E-state index contributed by atoms with van der Waals surface area (Å²) in [6.07, 6.45) is 4.72. The normalized spacial score (nSPS) is 11.4. The van der Waals surface area contributed by atoms with Gasteiger partial charge < -0.3 is 32.2 Å². The summed E-state index contributed by atoms with van der Waals surface area (Å²) in [6.45, 7) is 2.11. The Bertz CT molecular complexity index is 791. The molecule has 1 aromatic rings. The Labute approximate surface area is 204 Å². The molecule has 0 bridgehead atoms. The molecule has 1 aromatic carbocycles. The standard InChI is InChI=1S/C19H30Br2N8O3/c20-14-9-13(10-15(21)17(14)32-8-4-3-5-25-12-28-24)11-16(29-31)18(30)26-6-1-2-7-27-19(22)23/h9-10,12,31H,1-8,11,24H2,(H,25,28)(H,26,30)(H4,22,23,27). The molecule has 0 aliphatic rings. The highest BCUT2D eigenvalue weighted by Gasteiger charge is 2.16. The number of guanidine groups is 1. The molecule has 178 valence electrons. The molecule has 11 nitrogen and oxygen atoms in total. The van der Waals surface area contributed by atoms with Gasteiger partial charge in [0.05, 0.1) is 21.9 Å². The molecule has 0 aliphatic heterocycles. The average molecular weight is 578 g/mol. The quantitative estimate of drug-likeness (QED) is 0.0454. The number of hydrogen-bond donors (Lipinski definition) is 6. The van der Waals surface area contributed by atoms with Crippen LogP contribution in [-0.2, 0) is 11.2 Å². The molecular weight excluding hydrogens is 548 g/mol. The monoisotopic (exact) mass is 576 g/mol. The number of hydrazine groups is 1. The van der Waals surface area contributed by atoms with Crippen LogP contribution in [0.4, 0.5) is 0 Å². The lowest BCUT2D eigenvalue weighted by atomic mass is 10.1. The van der Waals surface area contributed by atoms with Gasteiger partial charge in [-0.3, -0.25) is 14.8 Å². The molecule has 0 heterocycles. The summed E-state index contributed by atoms with van der Waals surface area (Å²) in [5.41, 5.74) is 13.7. The molecule has 1 amide bonds. The third kappa shape index (κ3) is 11.3. The van der Waals surface area contributed by atoms with E-state index in [9.17, 15) is 10.0 Å². The van der Waals surface area contributed by atoms with Crippen LogP contribution in [0, 0.1) is 0 Å². The number of unbranched alkanes of at least 4 members (excludes halogenated alkanes) is 2. The number of halogens is 2. The first-order valence-electron chi connectivity index (χ1n) is 9.98. The molecule has 0 unspecified atom stereocenters. The minimum Gasteiger partial charge on any atom is -0.491 e. The van der Waals surface area contributed by atoms with Crippen LogP contribution in [0.5, 0.6) is 5.75 Å². The van der Waals surface area contributed by atoms with E-state index in [-0.39, 0.29) is 18.1 Å². The molecule has 1 rings (SSSR count). The molecule has 0 atom stereocenters. The summed E-state index contributed by atoms with van der Waals surface area (Å²) in [5, 5.41) is 15.2. The Morgan fingerprint density at radius 3 is 2.44 bits per heavy atom. The molecule has 0 radical (unpaired) electrons. The van der Waals surface area contributed by atoms with Crippen molar-refractivity contribution in [2.75, 3.05) is 26.2 Å². The van der Waals surface area contributed by atoms with E-state index in [0.29, 0.717) is 38.4 Å². The number of carbonyl (C=O) groups is 1. The van der Waals surface area contributed by atoms with E-state index in [2.05, 4.69) is 57.7 Å². The fourth-order valence-electron chi connectivity index (χ4n) is 2.55. The summed E-state index contributed by atoms with van der Waals surface area (Å²) < 4.78 is 7.29. The lowest BCUT2D eigenvalue weighted by Crippen LogP contribution is -2.33. The van der Waals surface area contributed by atoms with Crippen LogP contribution in [0.3, 0.4) is 0 Å². The van der Waals surface area contributed by atoms with Gasteiger partial charge in [0.15, 0.2) is 5.96 Å². The SMILES string of the molecule is NNC=NCCCCOc1c(Br)cc(CC(=NO)C(=O)NCCCCN=C(N)N)cc1Br. The Balaban J connectivity index is 2.53. The third-order valence-electron chi connectivity index (χ3n) is 4.07. The largest absolute Gasteiger partial charge is 0.491 e. The number of carbonyl (C=O) groups excluding carboxylic acids is 1. The second-order valence-electron chi connectivity index (χ2n) is 6.64. The number of rotatable bonds is 15. The number of oxime groups is 1. The predicted octanol–water partition coefficient (Wildman–Crippen LogP) is 1.40. The number of hydrogen-bond acceptors (Lipinski definition) is 7. The van der Waals surface area contributed by atoms with Gasteiger partial charge in [-0.05, 0) is 75.2 Å². The molecule has 0 saturated carbocycles. The summed E-state index contributed by atoms with van der Waals surface area (Å²) in [4.78, 5) is 20.2. The number of nitrogens with two attached hydrogens (primary N) is 3. The van der Waals surface area contributed by atoms with Crippen LogP contribution in [0.25, 0.3) is 0 Å². The zero-order valence-corrected chi connectivity index (χ0v) is 20.9. The minimum absolute atomic E-state index is 0.00853. The summed E-state index contributed by atoms with van der Waals surface area (Å²) in [7, 11) is 0. The molecular formula is C19H30Br2N8O3. The van der Waals surface area contributed by atoms with E-state index in [1.165, 1.54) is 6.34 Å². The van der Waals surface area contributed by atoms with Crippen LogP contribution in [0.1, 0.15) is 31.2 Å². The van der Waals surface area contributed by atoms with Crippen molar-refractivity contribution >= 4 is 55.8 Å². The maximum atomic E-state index is 12.3. The van der Waals surface area contributed by atoms with Crippen molar-refractivity contribution in [1.29, 1.82) is 0 Å². The topological polar surface area (TPSA) is 186 Å². The highest BCUT2D eigenvalue weighted by atomic mass is 79.9. The summed E-state index contributed by atoms with van der Waals surface area (Å²) in [5.74, 6) is 5.37. The summed E-state index contributed by atoms with van der Waals surface area (Å²) >= 11 is 6.99. The Hall–Kier alpha value is -2.38. The minimum atomic E-state index is -0.436. The van der Waals surface area contributed by atoms with Gasteiger partial charge in [-0.2, -0.15) is 0 Å². The van der Waals surface area contributed by atoms with Gasteiger partial charge in [0.2, 0.25) is 0 Å². The van der Waals surface area contributed by atoms with E-state index >= 15 is 0 Å². The summed E-state index contributed by atoms with van der Waals surface area (Å²) in [6, 6.07) is 3.65. The van der Waals surface area contributed by atoms with Gasteiger partial charge in [0, 0.05) is 26.1 Å². The van der Waals surface area contributed by atoms with Crippen molar-refractivity contribution in [3.63, 3.8) is 0 Å². The predicted molar refractivity (Wildman–Crippen MR) is 133 cm³/mol. The van der Waals surface area contributed by atoms with Crippen LogP contribution in [0.2, 0.25) is 0 Å². The van der Waals surface area contributed by atoms with Crippen molar-refractivity contribution in [2.45, 2.75) is 32.1 Å². The van der Waals surface area contributed by atoms with Gasteiger partial charge in [0.25, 0.3) is 5.91 Å². The molecule has 9 N–H and O–H groups in total. The second-order valence-corrected chi connectivity index (χ2v) is 8.35. The number of ether oxygens (including phenoxy) is 1. The smallest absolute Gasteiger partial charge is 0.269 e. The molecule has 32 heavy (non-hydrogen) atoms. The van der Waals surface area contributed by atoms with E-state index in [0.717, 1.165) is 33.8 Å². The van der Waals surface area contributed by atoms with Crippen molar-refractivity contribution in [2.24, 2.45) is 32.5 Å². The van der Waals surface area contributed by atoms with Gasteiger partial charge in [-0.15, -0.1) is 0 Å². The number of amides is 1. The number of aliphatic imine (C=N–C) groups is 2. The fraction of sp³-hybridized carbons (Fsp3) is 0.474. The highest BCUT2D eigenvalue weighted by molar-refractivity contribution is 9.11. The number of nitrogens with one attached hydrogen (secondary N) is 2. The van der Waals surface area contributed by atoms with E-state index < -0.39 is 5.91 Å². The zero-order chi connectivity index (χ0) is 23.8. The van der Waals surface area contributed by atoms with Crippen molar-refractivity contribution in [3.8, 4) is 5.75 Å². The molecule has 13 heteroatoms. The maximum Gasteiger partial charge on any atom is 0.269 e. The lowest BCUT2D eigenvalue weighted by Gasteiger charge is -2.13. The molecule has 0 spiro atoms. The lowest BCUT2D eigenvalue weighted by molar-refractivity contribution is -0.115.